The highest BCUT2D eigenvalue weighted by molar-refractivity contribution is 5.10. The molecule has 0 fully saturated rings. The zero-order valence-corrected chi connectivity index (χ0v) is 8.96. The molecule has 0 aliphatic heterocycles. The molecule has 1 rings (SSSR count). The maximum absolute atomic E-state index is 12.7. The lowest BCUT2D eigenvalue weighted by molar-refractivity contribution is 0.494. The molecule has 14 heavy (non-hydrogen) atoms. The molecule has 0 aliphatic carbocycles. The zero-order chi connectivity index (χ0) is 10.4. The summed E-state index contributed by atoms with van der Waals surface area (Å²) in [7, 11) is 0. The Kier molecular flexibility index (Phi) is 4.57. The van der Waals surface area contributed by atoms with Crippen LogP contribution in [0.5, 0.6) is 0 Å². The second-order valence-electron chi connectivity index (χ2n) is 3.89. The molecule has 0 radical (unpaired) electrons. The Morgan fingerprint density at radius 3 is 2.93 bits per heavy atom. The first kappa shape index (κ1) is 11.2. The summed E-state index contributed by atoms with van der Waals surface area (Å²) in [4.78, 5) is 3.53. The van der Waals surface area contributed by atoms with Crippen LogP contribution in [0, 0.1) is 11.9 Å². The Balaban J connectivity index is 2.31. The number of aryl methyl sites for hydroxylation is 1. The van der Waals surface area contributed by atoms with E-state index in [0.29, 0.717) is 0 Å². The van der Waals surface area contributed by atoms with Gasteiger partial charge in [0.25, 0.3) is 0 Å². The number of halogens is 1. The van der Waals surface area contributed by atoms with Crippen molar-refractivity contribution in [1.29, 1.82) is 0 Å². The van der Waals surface area contributed by atoms with Crippen LogP contribution in [0.15, 0.2) is 18.3 Å². The summed E-state index contributed by atoms with van der Waals surface area (Å²) >= 11 is 0. The number of hydrogen-bond donors (Lipinski definition) is 0. The third-order valence-corrected chi connectivity index (χ3v) is 2.65. The van der Waals surface area contributed by atoms with Crippen LogP contribution in [0.4, 0.5) is 4.39 Å². The zero-order valence-electron chi connectivity index (χ0n) is 8.96. The Morgan fingerprint density at radius 1 is 1.50 bits per heavy atom. The van der Waals surface area contributed by atoms with E-state index in [-0.39, 0.29) is 5.95 Å². The smallest absolute Gasteiger partial charge is 0.213 e. The number of nitrogens with zero attached hydrogens (tertiary/aromatic N) is 1. The van der Waals surface area contributed by atoms with Crippen molar-refractivity contribution in [3.8, 4) is 0 Å². The molecule has 2 heteroatoms. The fraction of sp³-hybridized carbons (Fsp3) is 0.583. The van der Waals surface area contributed by atoms with Gasteiger partial charge >= 0.3 is 0 Å². The summed E-state index contributed by atoms with van der Waals surface area (Å²) in [5, 5.41) is 0. The number of hydrogen-bond acceptors (Lipinski definition) is 1. The van der Waals surface area contributed by atoms with E-state index in [0.717, 1.165) is 24.3 Å². The van der Waals surface area contributed by atoms with E-state index in [4.69, 9.17) is 0 Å². The van der Waals surface area contributed by atoms with Gasteiger partial charge in [0.2, 0.25) is 5.95 Å². The molecule has 1 atom stereocenters. The van der Waals surface area contributed by atoms with E-state index >= 15 is 0 Å². The summed E-state index contributed by atoms with van der Waals surface area (Å²) in [5.41, 5.74) is 1.06. The van der Waals surface area contributed by atoms with Crippen LogP contribution in [-0.4, -0.2) is 4.98 Å². The van der Waals surface area contributed by atoms with Crippen LogP contribution in [0.2, 0.25) is 0 Å². The molecule has 0 saturated carbocycles. The van der Waals surface area contributed by atoms with Gasteiger partial charge in [-0.3, -0.25) is 0 Å². The number of pyridine rings is 1. The van der Waals surface area contributed by atoms with E-state index in [9.17, 15) is 4.39 Å². The first-order chi connectivity index (χ1) is 6.72. The van der Waals surface area contributed by atoms with E-state index < -0.39 is 0 Å². The SMILES string of the molecule is CCC(C)CCCc1ccnc(F)c1. The number of aromatic nitrogens is 1. The molecule has 0 spiro atoms. The van der Waals surface area contributed by atoms with Crippen molar-refractivity contribution in [2.75, 3.05) is 0 Å². The average Bonchev–Trinajstić information content (AvgIpc) is 2.17. The van der Waals surface area contributed by atoms with E-state index in [1.807, 2.05) is 6.07 Å². The first-order valence-corrected chi connectivity index (χ1v) is 5.32. The summed E-state index contributed by atoms with van der Waals surface area (Å²) in [6, 6.07) is 3.41. The molecular formula is C12H18FN. The first-order valence-electron chi connectivity index (χ1n) is 5.32. The normalized spacial score (nSPS) is 12.8. The fourth-order valence-corrected chi connectivity index (χ4v) is 1.46. The van der Waals surface area contributed by atoms with Gasteiger partial charge in [0, 0.05) is 6.20 Å². The Bertz CT molecular complexity index is 273. The van der Waals surface area contributed by atoms with Crippen LogP contribution < -0.4 is 0 Å². The largest absolute Gasteiger partial charge is 0.228 e. The lowest BCUT2D eigenvalue weighted by Crippen LogP contribution is -1.95. The van der Waals surface area contributed by atoms with E-state index in [2.05, 4.69) is 18.8 Å². The van der Waals surface area contributed by atoms with Gasteiger partial charge in [-0.05, 0) is 36.5 Å². The quantitative estimate of drug-likeness (QED) is 0.654. The van der Waals surface area contributed by atoms with E-state index in [1.54, 1.807) is 0 Å². The molecule has 78 valence electrons. The fourth-order valence-electron chi connectivity index (χ4n) is 1.46. The van der Waals surface area contributed by atoms with Crippen molar-refractivity contribution in [1.82, 2.24) is 4.98 Å². The molecule has 1 unspecified atom stereocenters. The van der Waals surface area contributed by atoms with Crippen molar-refractivity contribution in [3.63, 3.8) is 0 Å². The second kappa shape index (κ2) is 5.74. The molecule has 0 N–H and O–H groups in total. The lowest BCUT2D eigenvalue weighted by atomic mass is 10.00. The number of rotatable bonds is 5. The van der Waals surface area contributed by atoms with Crippen molar-refractivity contribution in [2.24, 2.45) is 5.92 Å². The predicted octanol–water partition coefficient (Wildman–Crippen LogP) is 3.59. The molecule has 0 aromatic carbocycles. The van der Waals surface area contributed by atoms with Crippen molar-refractivity contribution in [2.45, 2.75) is 39.5 Å². The van der Waals surface area contributed by atoms with Crippen molar-refractivity contribution in [3.05, 3.63) is 29.8 Å². The van der Waals surface area contributed by atoms with Crippen LogP contribution in [-0.2, 0) is 6.42 Å². The van der Waals surface area contributed by atoms with Gasteiger partial charge in [0.1, 0.15) is 0 Å². The minimum absolute atomic E-state index is 0.369. The molecule has 1 heterocycles. The monoisotopic (exact) mass is 195 g/mol. The maximum Gasteiger partial charge on any atom is 0.213 e. The van der Waals surface area contributed by atoms with E-state index in [1.165, 1.54) is 25.1 Å². The highest BCUT2D eigenvalue weighted by Crippen LogP contribution is 2.12. The van der Waals surface area contributed by atoms with Gasteiger partial charge < -0.3 is 0 Å². The average molecular weight is 195 g/mol. The van der Waals surface area contributed by atoms with Gasteiger partial charge in [0.15, 0.2) is 0 Å². The third-order valence-electron chi connectivity index (χ3n) is 2.65. The van der Waals surface area contributed by atoms with Crippen LogP contribution in [0.25, 0.3) is 0 Å². The molecule has 1 aromatic rings. The van der Waals surface area contributed by atoms with Gasteiger partial charge in [-0.25, -0.2) is 4.98 Å². The molecule has 0 amide bonds. The lowest BCUT2D eigenvalue weighted by Gasteiger charge is -2.07. The molecular weight excluding hydrogens is 177 g/mol. The van der Waals surface area contributed by atoms with Crippen LogP contribution in [0.1, 0.15) is 38.7 Å². The Labute approximate surface area is 85.4 Å². The molecule has 1 aromatic heterocycles. The van der Waals surface area contributed by atoms with Crippen molar-refractivity contribution >= 4 is 0 Å². The summed E-state index contributed by atoms with van der Waals surface area (Å²) < 4.78 is 12.7. The van der Waals surface area contributed by atoms with Gasteiger partial charge in [-0.2, -0.15) is 4.39 Å². The molecule has 0 aliphatic rings. The predicted molar refractivity (Wildman–Crippen MR) is 56.6 cm³/mol. The highest BCUT2D eigenvalue weighted by atomic mass is 19.1. The van der Waals surface area contributed by atoms with Gasteiger partial charge in [-0.1, -0.05) is 26.7 Å². The highest BCUT2D eigenvalue weighted by Gasteiger charge is 2.00. The standard InChI is InChI=1S/C12H18FN/c1-3-10(2)5-4-6-11-7-8-14-12(13)9-11/h7-10H,3-6H2,1-2H3. The summed E-state index contributed by atoms with van der Waals surface area (Å²) in [6.07, 6.45) is 6.08. The second-order valence-corrected chi connectivity index (χ2v) is 3.89. The Morgan fingerprint density at radius 2 is 2.29 bits per heavy atom. The van der Waals surface area contributed by atoms with Crippen LogP contribution >= 0.6 is 0 Å². The maximum atomic E-state index is 12.7. The Hall–Kier alpha value is -0.920. The molecule has 1 nitrogen and oxygen atoms in total. The minimum Gasteiger partial charge on any atom is -0.228 e. The summed E-state index contributed by atoms with van der Waals surface area (Å²) in [5.74, 6) is 0.410. The van der Waals surface area contributed by atoms with Crippen LogP contribution in [0.3, 0.4) is 0 Å². The topological polar surface area (TPSA) is 12.9 Å². The minimum atomic E-state index is -0.369. The van der Waals surface area contributed by atoms with Gasteiger partial charge in [-0.15, -0.1) is 0 Å². The van der Waals surface area contributed by atoms with Crippen molar-refractivity contribution < 1.29 is 4.39 Å². The third kappa shape index (κ3) is 3.86. The molecule has 0 saturated heterocycles. The molecule has 0 bridgehead atoms. The van der Waals surface area contributed by atoms with Gasteiger partial charge in [0.05, 0.1) is 0 Å². The summed E-state index contributed by atoms with van der Waals surface area (Å²) in [6.45, 7) is 4.46.